The standard InChI is InChI=1S/C26H25N5O4/c1-18-25(31(33)34)19(2)30(29-18)16-20-8-10-23(11-9-20)26(32)28-15-22-12-13-27-24(14-22)35-17-21-6-4-3-5-7-21/h3-14H,15-17H2,1-2H3,(H,28,32). The van der Waals surface area contributed by atoms with Crippen molar-refractivity contribution in [2.24, 2.45) is 0 Å². The minimum absolute atomic E-state index is 0.0331. The minimum Gasteiger partial charge on any atom is -0.473 e. The number of amides is 1. The van der Waals surface area contributed by atoms with E-state index in [0.29, 0.717) is 42.5 Å². The summed E-state index contributed by atoms with van der Waals surface area (Å²) in [4.78, 5) is 27.6. The number of aromatic nitrogens is 3. The van der Waals surface area contributed by atoms with Crippen molar-refractivity contribution in [1.29, 1.82) is 0 Å². The lowest BCUT2D eigenvalue weighted by Crippen LogP contribution is -2.22. The molecule has 0 saturated carbocycles. The monoisotopic (exact) mass is 471 g/mol. The topological polar surface area (TPSA) is 112 Å². The average Bonchev–Trinajstić information content (AvgIpc) is 3.15. The lowest BCUT2D eigenvalue weighted by atomic mass is 10.1. The molecule has 1 amide bonds. The van der Waals surface area contributed by atoms with E-state index in [1.807, 2.05) is 48.5 Å². The second kappa shape index (κ2) is 10.6. The highest BCUT2D eigenvalue weighted by Gasteiger charge is 2.21. The maximum atomic E-state index is 12.6. The van der Waals surface area contributed by atoms with Gasteiger partial charge in [0, 0.05) is 24.4 Å². The molecule has 178 valence electrons. The molecule has 35 heavy (non-hydrogen) atoms. The van der Waals surface area contributed by atoms with Gasteiger partial charge in [0.05, 0.1) is 11.5 Å². The van der Waals surface area contributed by atoms with E-state index in [-0.39, 0.29) is 11.6 Å². The summed E-state index contributed by atoms with van der Waals surface area (Å²) in [6, 6.07) is 20.6. The zero-order valence-corrected chi connectivity index (χ0v) is 19.5. The van der Waals surface area contributed by atoms with Crippen LogP contribution in [0.4, 0.5) is 5.69 Å². The molecular weight excluding hydrogens is 446 g/mol. The Bertz CT molecular complexity index is 1330. The van der Waals surface area contributed by atoms with Crippen LogP contribution < -0.4 is 10.1 Å². The van der Waals surface area contributed by atoms with Crippen molar-refractivity contribution in [2.45, 2.75) is 33.5 Å². The van der Waals surface area contributed by atoms with Crippen LogP contribution in [-0.4, -0.2) is 25.6 Å². The van der Waals surface area contributed by atoms with Gasteiger partial charge in [-0.15, -0.1) is 0 Å². The lowest BCUT2D eigenvalue weighted by molar-refractivity contribution is -0.386. The van der Waals surface area contributed by atoms with Gasteiger partial charge in [-0.1, -0.05) is 42.5 Å². The van der Waals surface area contributed by atoms with Gasteiger partial charge >= 0.3 is 5.69 Å². The maximum Gasteiger partial charge on any atom is 0.312 e. The van der Waals surface area contributed by atoms with Gasteiger partial charge in [0.2, 0.25) is 5.88 Å². The normalized spacial score (nSPS) is 10.7. The fraction of sp³-hybridized carbons (Fsp3) is 0.192. The fourth-order valence-corrected chi connectivity index (χ4v) is 3.70. The Morgan fingerprint density at radius 1 is 1.03 bits per heavy atom. The molecule has 2 aromatic heterocycles. The quantitative estimate of drug-likeness (QED) is 0.287. The lowest BCUT2D eigenvalue weighted by Gasteiger charge is -2.09. The zero-order chi connectivity index (χ0) is 24.8. The van der Waals surface area contributed by atoms with Crippen LogP contribution in [0.2, 0.25) is 0 Å². The molecule has 1 N–H and O–H groups in total. The second-order valence-electron chi connectivity index (χ2n) is 8.09. The van der Waals surface area contributed by atoms with E-state index >= 15 is 0 Å². The molecule has 0 atom stereocenters. The number of hydrogen-bond donors (Lipinski definition) is 1. The number of benzene rings is 2. The molecule has 0 radical (unpaired) electrons. The summed E-state index contributed by atoms with van der Waals surface area (Å²) in [5.41, 5.74) is 4.24. The first kappa shape index (κ1) is 23.6. The molecule has 0 bridgehead atoms. The second-order valence-corrected chi connectivity index (χ2v) is 8.09. The Morgan fingerprint density at radius 2 is 1.77 bits per heavy atom. The molecule has 0 saturated heterocycles. The Labute approximate surface area is 202 Å². The van der Waals surface area contributed by atoms with E-state index in [0.717, 1.165) is 16.7 Å². The summed E-state index contributed by atoms with van der Waals surface area (Å²) in [5, 5.41) is 18.4. The van der Waals surface area contributed by atoms with E-state index in [1.165, 1.54) is 0 Å². The number of pyridine rings is 1. The Morgan fingerprint density at radius 3 is 2.46 bits per heavy atom. The van der Waals surface area contributed by atoms with E-state index < -0.39 is 4.92 Å². The summed E-state index contributed by atoms with van der Waals surface area (Å²) in [5.74, 6) is 0.288. The van der Waals surface area contributed by atoms with Gasteiger partial charge in [-0.25, -0.2) is 4.98 Å². The molecule has 4 aromatic rings. The number of aryl methyl sites for hydroxylation is 1. The summed E-state index contributed by atoms with van der Waals surface area (Å²) >= 11 is 0. The van der Waals surface area contributed by atoms with Crippen LogP contribution in [0.5, 0.6) is 5.88 Å². The molecule has 0 aliphatic heterocycles. The van der Waals surface area contributed by atoms with Crippen LogP contribution in [0.3, 0.4) is 0 Å². The Kier molecular flexibility index (Phi) is 7.15. The number of carbonyl (C=O) groups excluding carboxylic acids is 1. The van der Waals surface area contributed by atoms with Gasteiger partial charge in [-0.2, -0.15) is 5.10 Å². The molecule has 9 nitrogen and oxygen atoms in total. The van der Waals surface area contributed by atoms with Crippen molar-refractivity contribution in [2.75, 3.05) is 0 Å². The van der Waals surface area contributed by atoms with Gasteiger partial charge in [0.25, 0.3) is 5.91 Å². The van der Waals surface area contributed by atoms with Crippen molar-refractivity contribution in [3.05, 3.63) is 117 Å². The zero-order valence-electron chi connectivity index (χ0n) is 19.5. The minimum atomic E-state index is -0.414. The highest BCUT2D eigenvalue weighted by atomic mass is 16.6. The number of carbonyl (C=O) groups is 1. The van der Waals surface area contributed by atoms with Crippen LogP contribution in [0.15, 0.2) is 72.9 Å². The van der Waals surface area contributed by atoms with E-state index in [9.17, 15) is 14.9 Å². The van der Waals surface area contributed by atoms with Gasteiger partial charge in [-0.05, 0) is 48.7 Å². The number of nitro groups is 1. The van der Waals surface area contributed by atoms with Crippen molar-refractivity contribution in [3.8, 4) is 5.88 Å². The van der Waals surface area contributed by atoms with E-state index in [2.05, 4.69) is 15.4 Å². The van der Waals surface area contributed by atoms with Gasteiger partial charge in [0.15, 0.2) is 0 Å². The highest BCUT2D eigenvalue weighted by molar-refractivity contribution is 5.94. The molecule has 9 heteroatoms. The summed E-state index contributed by atoms with van der Waals surface area (Å²) < 4.78 is 7.35. The molecule has 0 spiro atoms. The summed E-state index contributed by atoms with van der Waals surface area (Å²) in [6.07, 6.45) is 1.65. The third-order valence-electron chi connectivity index (χ3n) is 5.56. The predicted octanol–water partition coefficient (Wildman–Crippen LogP) is 4.36. The molecule has 0 aliphatic rings. The van der Waals surface area contributed by atoms with Crippen molar-refractivity contribution < 1.29 is 14.5 Å². The van der Waals surface area contributed by atoms with Crippen LogP contribution in [0.1, 0.15) is 38.4 Å². The molecule has 0 fully saturated rings. The van der Waals surface area contributed by atoms with E-state index in [1.54, 1.807) is 42.9 Å². The molecule has 0 aliphatic carbocycles. The molecule has 4 rings (SSSR count). The molecule has 0 unspecified atom stereocenters. The third kappa shape index (κ3) is 5.89. The first-order valence-electron chi connectivity index (χ1n) is 11.1. The number of rotatable bonds is 9. The maximum absolute atomic E-state index is 12.6. The molecular formula is C26H25N5O4. The number of nitrogens with one attached hydrogen (secondary N) is 1. The van der Waals surface area contributed by atoms with Crippen LogP contribution in [0.25, 0.3) is 0 Å². The SMILES string of the molecule is Cc1nn(Cc2ccc(C(=O)NCc3ccnc(OCc4ccccc4)c3)cc2)c(C)c1[N+](=O)[O-]. The van der Waals surface area contributed by atoms with Gasteiger partial charge < -0.3 is 10.1 Å². The summed E-state index contributed by atoms with van der Waals surface area (Å²) in [7, 11) is 0. The fourth-order valence-electron chi connectivity index (χ4n) is 3.70. The number of nitrogens with zero attached hydrogens (tertiary/aromatic N) is 4. The average molecular weight is 472 g/mol. The van der Waals surface area contributed by atoms with E-state index in [4.69, 9.17) is 4.74 Å². The number of ether oxygens (including phenoxy) is 1. The Balaban J connectivity index is 1.33. The molecule has 2 heterocycles. The number of hydrogen-bond acceptors (Lipinski definition) is 6. The molecule has 2 aromatic carbocycles. The smallest absolute Gasteiger partial charge is 0.312 e. The first-order valence-corrected chi connectivity index (χ1v) is 11.1. The highest BCUT2D eigenvalue weighted by Crippen LogP contribution is 2.22. The predicted molar refractivity (Wildman–Crippen MR) is 130 cm³/mol. The van der Waals surface area contributed by atoms with Gasteiger partial charge in [-0.3, -0.25) is 19.6 Å². The van der Waals surface area contributed by atoms with Crippen LogP contribution >= 0.6 is 0 Å². The third-order valence-corrected chi connectivity index (χ3v) is 5.56. The van der Waals surface area contributed by atoms with Crippen molar-refractivity contribution >= 4 is 11.6 Å². The largest absolute Gasteiger partial charge is 0.473 e. The first-order chi connectivity index (χ1) is 16.9. The van der Waals surface area contributed by atoms with Gasteiger partial charge in [0.1, 0.15) is 18.0 Å². The summed E-state index contributed by atoms with van der Waals surface area (Å²) in [6.45, 7) is 4.43. The van der Waals surface area contributed by atoms with Crippen molar-refractivity contribution in [3.63, 3.8) is 0 Å². The van der Waals surface area contributed by atoms with Crippen LogP contribution in [-0.2, 0) is 19.7 Å². The Hall–Kier alpha value is -4.53. The van der Waals surface area contributed by atoms with Crippen molar-refractivity contribution in [1.82, 2.24) is 20.1 Å². The van der Waals surface area contributed by atoms with Crippen LogP contribution in [0, 0.1) is 24.0 Å².